The predicted octanol–water partition coefficient (Wildman–Crippen LogP) is 1.61. The first-order valence-corrected chi connectivity index (χ1v) is 5.88. The van der Waals surface area contributed by atoms with E-state index in [1.165, 1.54) is 6.33 Å². The highest BCUT2D eigenvalue weighted by Gasteiger charge is 2.11. The van der Waals surface area contributed by atoms with Crippen molar-refractivity contribution < 1.29 is 4.74 Å². The van der Waals surface area contributed by atoms with Gasteiger partial charge in [-0.2, -0.15) is 5.10 Å². The lowest BCUT2D eigenvalue weighted by Gasteiger charge is -2.09. The number of benzene rings is 1. The van der Waals surface area contributed by atoms with E-state index in [0.29, 0.717) is 18.2 Å². The summed E-state index contributed by atoms with van der Waals surface area (Å²) in [7, 11) is 1.83. The first-order valence-electron chi connectivity index (χ1n) is 5.88. The van der Waals surface area contributed by atoms with Crippen LogP contribution in [0.15, 0.2) is 36.8 Å². The summed E-state index contributed by atoms with van der Waals surface area (Å²) in [5.41, 5.74) is 7.35. The molecule has 2 N–H and O–H groups in total. The van der Waals surface area contributed by atoms with Crippen LogP contribution in [0.3, 0.4) is 0 Å². The van der Waals surface area contributed by atoms with Crippen molar-refractivity contribution in [2.75, 3.05) is 0 Å². The second kappa shape index (κ2) is 4.66. The standard InChI is InChI=1S/C13H13N5O/c1-18-12-10(7-17-18)13(16-8-15-12)19-11-5-3-2-4-9(11)6-14/h2-5,7-8H,6,14H2,1H3. The molecule has 3 rings (SSSR count). The molecular formula is C13H13N5O. The smallest absolute Gasteiger partial charge is 0.233 e. The predicted molar refractivity (Wildman–Crippen MR) is 70.7 cm³/mol. The van der Waals surface area contributed by atoms with Gasteiger partial charge in [0.1, 0.15) is 17.5 Å². The molecule has 19 heavy (non-hydrogen) atoms. The number of ether oxygens (including phenoxy) is 1. The van der Waals surface area contributed by atoms with Crippen LogP contribution in [-0.2, 0) is 13.6 Å². The number of rotatable bonds is 3. The SMILES string of the molecule is Cn1ncc2c(Oc3ccccc3CN)ncnc21. The van der Waals surface area contributed by atoms with Gasteiger partial charge in [-0.1, -0.05) is 18.2 Å². The molecule has 0 aliphatic heterocycles. The van der Waals surface area contributed by atoms with Crippen molar-refractivity contribution in [2.24, 2.45) is 12.8 Å². The van der Waals surface area contributed by atoms with Crippen LogP contribution in [0, 0.1) is 0 Å². The van der Waals surface area contributed by atoms with E-state index in [9.17, 15) is 0 Å². The third-order valence-electron chi connectivity index (χ3n) is 2.89. The van der Waals surface area contributed by atoms with Gasteiger partial charge >= 0.3 is 0 Å². The lowest BCUT2D eigenvalue weighted by atomic mass is 10.2. The van der Waals surface area contributed by atoms with Crippen LogP contribution in [0.25, 0.3) is 11.0 Å². The van der Waals surface area contributed by atoms with E-state index in [-0.39, 0.29) is 0 Å². The maximum atomic E-state index is 5.84. The molecule has 0 saturated heterocycles. The minimum atomic E-state index is 0.414. The Morgan fingerprint density at radius 3 is 2.95 bits per heavy atom. The zero-order valence-electron chi connectivity index (χ0n) is 10.4. The van der Waals surface area contributed by atoms with E-state index in [4.69, 9.17) is 10.5 Å². The molecule has 0 aliphatic carbocycles. The van der Waals surface area contributed by atoms with E-state index in [1.54, 1.807) is 10.9 Å². The summed E-state index contributed by atoms with van der Waals surface area (Å²) in [6.45, 7) is 0.414. The summed E-state index contributed by atoms with van der Waals surface area (Å²) in [6, 6.07) is 7.62. The van der Waals surface area contributed by atoms with E-state index in [0.717, 1.165) is 16.6 Å². The van der Waals surface area contributed by atoms with Crippen molar-refractivity contribution in [1.82, 2.24) is 19.7 Å². The number of hydrogen-bond donors (Lipinski definition) is 1. The molecule has 6 nitrogen and oxygen atoms in total. The number of aryl methyl sites for hydroxylation is 1. The van der Waals surface area contributed by atoms with Crippen LogP contribution in [0.4, 0.5) is 0 Å². The fourth-order valence-electron chi connectivity index (χ4n) is 1.90. The summed E-state index contributed by atoms with van der Waals surface area (Å²) < 4.78 is 7.52. The molecule has 1 aromatic carbocycles. The lowest BCUT2D eigenvalue weighted by molar-refractivity contribution is 0.462. The topological polar surface area (TPSA) is 78.9 Å². The maximum Gasteiger partial charge on any atom is 0.233 e. The summed E-state index contributed by atoms with van der Waals surface area (Å²) in [4.78, 5) is 8.33. The lowest BCUT2D eigenvalue weighted by Crippen LogP contribution is -2.00. The molecule has 96 valence electrons. The number of hydrogen-bond acceptors (Lipinski definition) is 5. The van der Waals surface area contributed by atoms with Gasteiger partial charge in [0.05, 0.1) is 6.20 Å². The average molecular weight is 255 g/mol. The molecule has 0 radical (unpaired) electrons. The second-order valence-electron chi connectivity index (χ2n) is 4.10. The number of nitrogens with zero attached hydrogens (tertiary/aromatic N) is 4. The molecule has 0 saturated carbocycles. The number of aromatic nitrogens is 4. The molecule has 0 amide bonds. The Bertz CT molecular complexity index is 722. The molecule has 0 aliphatic rings. The monoisotopic (exact) mass is 255 g/mol. The summed E-state index contributed by atoms with van der Waals surface area (Å²) in [5.74, 6) is 1.19. The maximum absolute atomic E-state index is 5.84. The van der Waals surface area contributed by atoms with E-state index in [1.807, 2.05) is 31.3 Å². The van der Waals surface area contributed by atoms with Crippen molar-refractivity contribution in [3.05, 3.63) is 42.4 Å². The van der Waals surface area contributed by atoms with Crippen molar-refractivity contribution in [3.8, 4) is 11.6 Å². The van der Waals surface area contributed by atoms with Crippen LogP contribution in [0.5, 0.6) is 11.6 Å². The highest BCUT2D eigenvalue weighted by molar-refractivity contribution is 5.79. The van der Waals surface area contributed by atoms with Crippen LogP contribution in [0.2, 0.25) is 0 Å². The Morgan fingerprint density at radius 1 is 1.26 bits per heavy atom. The molecule has 2 heterocycles. The van der Waals surface area contributed by atoms with E-state index in [2.05, 4.69) is 15.1 Å². The van der Waals surface area contributed by atoms with Crippen LogP contribution < -0.4 is 10.5 Å². The third kappa shape index (κ3) is 2.02. The van der Waals surface area contributed by atoms with E-state index >= 15 is 0 Å². The summed E-state index contributed by atoms with van der Waals surface area (Å²) >= 11 is 0. The highest BCUT2D eigenvalue weighted by atomic mass is 16.5. The van der Waals surface area contributed by atoms with Gasteiger partial charge in [-0.15, -0.1) is 0 Å². The Morgan fingerprint density at radius 2 is 2.11 bits per heavy atom. The minimum Gasteiger partial charge on any atom is -0.438 e. The van der Waals surface area contributed by atoms with E-state index < -0.39 is 0 Å². The first-order chi connectivity index (χ1) is 9.29. The molecule has 0 bridgehead atoms. The molecule has 0 fully saturated rings. The Balaban J connectivity index is 2.06. The van der Waals surface area contributed by atoms with Gasteiger partial charge in [-0.3, -0.25) is 4.68 Å². The summed E-state index contributed by atoms with van der Waals surface area (Å²) in [6.07, 6.45) is 3.15. The van der Waals surface area contributed by atoms with Crippen LogP contribution in [-0.4, -0.2) is 19.7 Å². The largest absolute Gasteiger partial charge is 0.438 e. The molecule has 0 spiro atoms. The van der Waals surface area contributed by atoms with Crippen molar-refractivity contribution in [2.45, 2.75) is 6.54 Å². The minimum absolute atomic E-state index is 0.414. The molecular weight excluding hydrogens is 242 g/mol. The molecule has 2 aromatic heterocycles. The van der Waals surface area contributed by atoms with Gasteiger partial charge in [0, 0.05) is 19.2 Å². The third-order valence-corrected chi connectivity index (χ3v) is 2.89. The zero-order valence-corrected chi connectivity index (χ0v) is 10.4. The van der Waals surface area contributed by atoms with Crippen LogP contribution in [0.1, 0.15) is 5.56 Å². The number of nitrogens with two attached hydrogens (primary N) is 1. The molecule has 0 atom stereocenters. The Kier molecular flexibility index (Phi) is 2.85. The van der Waals surface area contributed by atoms with Gasteiger partial charge in [0.15, 0.2) is 5.65 Å². The average Bonchev–Trinajstić information content (AvgIpc) is 2.82. The number of fused-ring (bicyclic) bond motifs is 1. The zero-order chi connectivity index (χ0) is 13.2. The number of para-hydroxylation sites is 1. The highest BCUT2D eigenvalue weighted by Crippen LogP contribution is 2.28. The van der Waals surface area contributed by atoms with Gasteiger partial charge in [0.25, 0.3) is 0 Å². The van der Waals surface area contributed by atoms with Crippen molar-refractivity contribution in [3.63, 3.8) is 0 Å². The Labute approximate surface area is 109 Å². The fourth-order valence-corrected chi connectivity index (χ4v) is 1.90. The van der Waals surface area contributed by atoms with Gasteiger partial charge < -0.3 is 10.5 Å². The van der Waals surface area contributed by atoms with Crippen LogP contribution >= 0.6 is 0 Å². The molecule has 6 heteroatoms. The normalized spacial score (nSPS) is 10.8. The fraction of sp³-hybridized carbons (Fsp3) is 0.154. The summed E-state index contributed by atoms with van der Waals surface area (Å²) in [5, 5.41) is 4.92. The molecule has 0 unspecified atom stereocenters. The van der Waals surface area contributed by atoms with Gasteiger partial charge in [-0.05, 0) is 6.07 Å². The van der Waals surface area contributed by atoms with Crippen molar-refractivity contribution in [1.29, 1.82) is 0 Å². The van der Waals surface area contributed by atoms with Gasteiger partial charge in [-0.25, -0.2) is 9.97 Å². The van der Waals surface area contributed by atoms with Crippen molar-refractivity contribution >= 4 is 11.0 Å². The molecule has 3 aromatic rings. The second-order valence-corrected chi connectivity index (χ2v) is 4.10. The quantitative estimate of drug-likeness (QED) is 0.769. The first kappa shape index (κ1) is 11.6. The Hall–Kier alpha value is -2.47. The van der Waals surface area contributed by atoms with Gasteiger partial charge in [0.2, 0.25) is 5.88 Å².